The van der Waals surface area contributed by atoms with Crippen LogP contribution in [0, 0.1) is 0 Å². The van der Waals surface area contributed by atoms with Gasteiger partial charge in [-0.3, -0.25) is 25.2 Å². The van der Waals surface area contributed by atoms with Crippen LogP contribution in [-0.4, -0.2) is 31.5 Å². The Kier molecular flexibility index (Phi) is 9.74. The second kappa shape index (κ2) is 11.9. The number of hydrogen-bond acceptors (Lipinski definition) is 5. The van der Waals surface area contributed by atoms with Gasteiger partial charge in [0, 0.05) is 12.0 Å². The Morgan fingerprint density at radius 1 is 0.960 bits per heavy atom. The topological polar surface area (TPSA) is 93.7 Å². The molecular weight excluding hydrogens is 324 g/mol. The minimum atomic E-state index is -0.480. The predicted molar refractivity (Wildman–Crippen MR) is 92.9 cm³/mol. The van der Waals surface area contributed by atoms with Gasteiger partial charge in [-0.1, -0.05) is 26.2 Å². The van der Waals surface area contributed by atoms with Crippen LogP contribution in [0.2, 0.25) is 0 Å². The lowest BCUT2D eigenvalue weighted by molar-refractivity contribution is -0.142. The Hall–Kier alpha value is -2.57. The van der Waals surface area contributed by atoms with E-state index in [2.05, 4.69) is 22.5 Å². The van der Waals surface area contributed by atoms with E-state index in [0.717, 1.165) is 12.8 Å². The Morgan fingerprint density at radius 3 is 2.32 bits per heavy atom. The maximum atomic E-state index is 11.9. The quantitative estimate of drug-likeness (QED) is 0.384. The molecule has 0 aliphatic carbocycles. The van der Waals surface area contributed by atoms with Gasteiger partial charge in [0.15, 0.2) is 0 Å². The van der Waals surface area contributed by atoms with Gasteiger partial charge in [0.1, 0.15) is 5.75 Å². The molecule has 25 heavy (non-hydrogen) atoms. The maximum Gasteiger partial charge on any atom is 0.306 e. The van der Waals surface area contributed by atoms with Crippen molar-refractivity contribution in [1.29, 1.82) is 0 Å². The highest BCUT2D eigenvalue weighted by Crippen LogP contribution is 2.13. The summed E-state index contributed by atoms with van der Waals surface area (Å²) in [6, 6.07) is 6.68. The average Bonchev–Trinajstić information content (AvgIpc) is 2.64. The SMILES string of the molecule is CCCCCCOc1ccc(C(=O)NNC(=O)CCC(=O)OC)cc1. The molecule has 2 N–H and O–H groups in total. The molecule has 0 unspecified atom stereocenters. The summed E-state index contributed by atoms with van der Waals surface area (Å²) in [7, 11) is 1.25. The van der Waals surface area contributed by atoms with E-state index in [0.29, 0.717) is 17.9 Å². The van der Waals surface area contributed by atoms with E-state index in [-0.39, 0.29) is 12.8 Å². The van der Waals surface area contributed by atoms with Gasteiger partial charge in [0.05, 0.1) is 20.1 Å². The lowest BCUT2D eigenvalue weighted by Gasteiger charge is -2.09. The van der Waals surface area contributed by atoms with Gasteiger partial charge in [0.2, 0.25) is 5.91 Å². The van der Waals surface area contributed by atoms with Crippen molar-refractivity contribution in [2.45, 2.75) is 45.4 Å². The molecule has 0 saturated heterocycles. The van der Waals surface area contributed by atoms with Gasteiger partial charge in [-0.15, -0.1) is 0 Å². The van der Waals surface area contributed by atoms with Crippen molar-refractivity contribution in [2.24, 2.45) is 0 Å². The summed E-state index contributed by atoms with van der Waals surface area (Å²) in [4.78, 5) is 34.4. The average molecular weight is 350 g/mol. The van der Waals surface area contributed by atoms with E-state index in [4.69, 9.17) is 4.74 Å². The summed E-state index contributed by atoms with van der Waals surface area (Å²) in [5.41, 5.74) is 4.94. The van der Waals surface area contributed by atoms with E-state index in [1.54, 1.807) is 24.3 Å². The third-order valence-electron chi connectivity index (χ3n) is 3.48. The van der Waals surface area contributed by atoms with Crippen LogP contribution in [0.3, 0.4) is 0 Å². The van der Waals surface area contributed by atoms with Crippen LogP contribution in [-0.2, 0) is 14.3 Å². The zero-order chi connectivity index (χ0) is 18.5. The van der Waals surface area contributed by atoms with Crippen molar-refractivity contribution in [3.63, 3.8) is 0 Å². The molecular formula is C18H26N2O5. The van der Waals surface area contributed by atoms with Gasteiger partial charge in [-0.2, -0.15) is 0 Å². The largest absolute Gasteiger partial charge is 0.494 e. The Balaban J connectivity index is 2.31. The number of nitrogens with one attached hydrogen (secondary N) is 2. The molecule has 0 bridgehead atoms. The van der Waals surface area contributed by atoms with E-state index in [1.165, 1.54) is 20.0 Å². The molecule has 1 aromatic rings. The molecule has 0 aliphatic heterocycles. The summed E-state index contributed by atoms with van der Waals surface area (Å²) in [5.74, 6) is -0.686. The second-order valence-corrected chi connectivity index (χ2v) is 5.51. The van der Waals surface area contributed by atoms with Crippen LogP contribution < -0.4 is 15.6 Å². The number of esters is 1. The van der Waals surface area contributed by atoms with Crippen molar-refractivity contribution in [1.82, 2.24) is 10.9 Å². The fraction of sp³-hybridized carbons (Fsp3) is 0.500. The fourth-order valence-electron chi connectivity index (χ4n) is 2.00. The maximum absolute atomic E-state index is 11.9. The number of hydrazine groups is 1. The minimum absolute atomic E-state index is 0.0392. The zero-order valence-corrected chi connectivity index (χ0v) is 14.8. The predicted octanol–water partition coefficient (Wildman–Crippen LogP) is 2.36. The number of hydrogen-bond donors (Lipinski definition) is 2. The molecule has 0 aliphatic rings. The zero-order valence-electron chi connectivity index (χ0n) is 14.8. The number of benzene rings is 1. The van der Waals surface area contributed by atoms with Crippen LogP contribution in [0.4, 0.5) is 0 Å². The number of carbonyl (C=O) groups is 3. The number of methoxy groups -OCH3 is 1. The van der Waals surface area contributed by atoms with Crippen molar-refractivity contribution in [3.8, 4) is 5.75 Å². The summed E-state index contributed by atoms with van der Waals surface area (Å²) in [6.07, 6.45) is 4.44. The molecule has 1 rings (SSSR count). The van der Waals surface area contributed by atoms with E-state index in [9.17, 15) is 14.4 Å². The van der Waals surface area contributed by atoms with Crippen LogP contribution >= 0.6 is 0 Å². The summed E-state index contributed by atoms with van der Waals surface area (Å²) in [6.45, 7) is 2.81. The van der Waals surface area contributed by atoms with Gasteiger partial charge in [0.25, 0.3) is 5.91 Å². The molecule has 138 valence electrons. The first-order valence-corrected chi connectivity index (χ1v) is 8.45. The second-order valence-electron chi connectivity index (χ2n) is 5.51. The molecule has 0 radical (unpaired) electrons. The third-order valence-corrected chi connectivity index (χ3v) is 3.48. The smallest absolute Gasteiger partial charge is 0.306 e. The number of carbonyl (C=O) groups excluding carboxylic acids is 3. The number of unbranched alkanes of at least 4 members (excludes halogenated alkanes) is 3. The molecule has 2 amide bonds. The van der Waals surface area contributed by atoms with Gasteiger partial charge in [-0.05, 0) is 30.7 Å². The first kappa shape index (κ1) is 20.5. The summed E-state index contributed by atoms with van der Waals surface area (Å²) >= 11 is 0. The molecule has 7 heteroatoms. The van der Waals surface area contributed by atoms with Crippen molar-refractivity contribution >= 4 is 17.8 Å². The van der Waals surface area contributed by atoms with Gasteiger partial charge >= 0.3 is 5.97 Å². The first-order valence-electron chi connectivity index (χ1n) is 8.45. The summed E-state index contributed by atoms with van der Waals surface area (Å²) < 4.78 is 10.0. The lowest BCUT2D eigenvalue weighted by Crippen LogP contribution is -2.41. The van der Waals surface area contributed by atoms with Gasteiger partial charge in [-0.25, -0.2) is 0 Å². The molecule has 0 spiro atoms. The molecule has 0 atom stereocenters. The monoisotopic (exact) mass is 350 g/mol. The van der Waals surface area contributed by atoms with Crippen LogP contribution in [0.15, 0.2) is 24.3 Å². The van der Waals surface area contributed by atoms with E-state index >= 15 is 0 Å². The molecule has 7 nitrogen and oxygen atoms in total. The number of rotatable bonds is 10. The fourth-order valence-corrected chi connectivity index (χ4v) is 2.00. The van der Waals surface area contributed by atoms with Crippen molar-refractivity contribution in [3.05, 3.63) is 29.8 Å². The number of amides is 2. The summed E-state index contributed by atoms with van der Waals surface area (Å²) in [5, 5.41) is 0. The van der Waals surface area contributed by atoms with Crippen LogP contribution in [0.25, 0.3) is 0 Å². The normalized spacial score (nSPS) is 10.0. The molecule has 0 saturated carbocycles. The molecule has 0 fully saturated rings. The molecule has 1 aromatic carbocycles. The number of ether oxygens (including phenoxy) is 2. The first-order chi connectivity index (χ1) is 12.1. The Bertz CT molecular complexity index is 557. The lowest BCUT2D eigenvalue weighted by atomic mass is 10.2. The van der Waals surface area contributed by atoms with Crippen molar-refractivity contribution < 1.29 is 23.9 Å². The van der Waals surface area contributed by atoms with E-state index in [1.807, 2.05) is 0 Å². The third kappa shape index (κ3) is 8.74. The molecule has 0 heterocycles. The highest BCUT2D eigenvalue weighted by molar-refractivity contribution is 5.95. The highest BCUT2D eigenvalue weighted by atomic mass is 16.5. The van der Waals surface area contributed by atoms with E-state index < -0.39 is 17.8 Å². The standard InChI is InChI=1S/C18H26N2O5/c1-3-4-5-6-13-25-15-9-7-14(8-10-15)18(23)20-19-16(21)11-12-17(22)24-2/h7-10H,3-6,11-13H2,1-2H3,(H,19,21)(H,20,23). The highest BCUT2D eigenvalue weighted by Gasteiger charge is 2.09. The molecule has 0 aromatic heterocycles. The van der Waals surface area contributed by atoms with Crippen LogP contribution in [0.1, 0.15) is 55.8 Å². The van der Waals surface area contributed by atoms with Gasteiger partial charge < -0.3 is 9.47 Å². The minimum Gasteiger partial charge on any atom is -0.494 e. The van der Waals surface area contributed by atoms with Crippen molar-refractivity contribution in [2.75, 3.05) is 13.7 Å². The Labute approximate surface area is 148 Å². The Morgan fingerprint density at radius 2 is 1.68 bits per heavy atom. The van der Waals surface area contributed by atoms with Crippen LogP contribution in [0.5, 0.6) is 5.75 Å².